The number of hydrogen-bond donors (Lipinski definition) is 0. The van der Waals surface area contributed by atoms with E-state index in [1.54, 1.807) is 20.4 Å². The van der Waals surface area contributed by atoms with E-state index in [1.165, 1.54) is 0 Å². The zero-order valence-corrected chi connectivity index (χ0v) is 17.5. The number of benzene rings is 1. The van der Waals surface area contributed by atoms with E-state index in [0.29, 0.717) is 36.9 Å². The van der Waals surface area contributed by atoms with Crippen LogP contribution in [0.4, 0.5) is 8.78 Å². The van der Waals surface area contributed by atoms with Gasteiger partial charge in [-0.05, 0) is 35.4 Å². The fourth-order valence-electron chi connectivity index (χ4n) is 4.62. The first-order chi connectivity index (χ1) is 15.4. The molecule has 4 aromatic rings. The van der Waals surface area contributed by atoms with Crippen LogP contribution in [0.15, 0.2) is 47.1 Å². The molecule has 1 amide bonds. The lowest BCUT2D eigenvalue weighted by Crippen LogP contribution is -2.60. The minimum absolute atomic E-state index is 0.000263. The largest absolute Gasteiger partial charge is 0.441 e. The summed E-state index contributed by atoms with van der Waals surface area (Å²) >= 11 is 0. The van der Waals surface area contributed by atoms with Gasteiger partial charge in [-0.3, -0.25) is 14.1 Å². The Bertz CT molecular complexity index is 1360. The second-order valence-corrected chi connectivity index (χ2v) is 8.65. The number of hydrogen-bond acceptors (Lipinski definition) is 5. The van der Waals surface area contributed by atoms with Crippen molar-refractivity contribution >= 4 is 22.7 Å². The Kier molecular flexibility index (Phi) is 4.13. The van der Waals surface area contributed by atoms with Gasteiger partial charge < -0.3 is 9.32 Å². The molecule has 2 aliphatic rings. The lowest BCUT2D eigenvalue weighted by atomic mass is 10.1. The number of oxazole rings is 1. The summed E-state index contributed by atoms with van der Waals surface area (Å²) in [7, 11) is 0. The molecular formula is C23H21F2N5O2. The van der Waals surface area contributed by atoms with E-state index >= 15 is 0 Å². The zero-order valence-electron chi connectivity index (χ0n) is 17.5. The van der Waals surface area contributed by atoms with Crippen LogP contribution in [0.5, 0.6) is 0 Å². The predicted molar refractivity (Wildman–Crippen MR) is 114 cm³/mol. The highest BCUT2D eigenvalue weighted by molar-refractivity contribution is 5.94. The van der Waals surface area contributed by atoms with Crippen LogP contribution >= 0.6 is 0 Å². The van der Waals surface area contributed by atoms with Crippen molar-refractivity contribution in [2.45, 2.75) is 25.3 Å². The molecule has 7 nitrogen and oxygen atoms in total. The number of halogens is 2. The average molecular weight is 437 g/mol. The smallest absolute Gasteiger partial charge is 0.272 e. The maximum absolute atomic E-state index is 13.5. The van der Waals surface area contributed by atoms with E-state index in [9.17, 15) is 13.6 Å². The summed E-state index contributed by atoms with van der Waals surface area (Å²) in [4.78, 5) is 25.3. The Morgan fingerprint density at radius 1 is 1.19 bits per heavy atom. The van der Waals surface area contributed by atoms with Gasteiger partial charge >= 0.3 is 0 Å². The minimum atomic E-state index is -2.61. The van der Waals surface area contributed by atoms with E-state index in [4.69, 9.17) is 4.42 Å². The van der Waals surface area contributed by atoms with Crippen LogP contribution in [0.25, 0.3) is 27.9 Å². The number of pyridine rings is 1. The summed E-state index contributed by atoms with van der Waals surface area (Å²) < 4.78 is 34.3. The molecule has 0 aliphatic carbocycles. The average Bonchev–Trinajstić information content (AvgIpc) is 3.41. The van der Waals surface area contributed by atoms with E-state index < -0.39 is 5.92 Å². The quantitative estimate of drug-likeness (QED) is 0.490. The van der Waals surface area contributed by atoms with Crippen molar-refractivity contribution in [3.63, 3.8) is 0 Å². The Labute approximate surface area is 182 Å². The summed E-state index contributed by atoms with van der Waals surface area (Å²) in [5.41, 5.74) is 4.53. The van der Waals surface area contributed by atoms with Crippen LogP contribution in [0.2, 0.25) is 0 Å². The second kappa shape index (κ2) is 6.83. The molecule has 2 saturated heterocycles. The minimum Gasteiger partial charge on any atom is -0.441 e. The van der Waals surface area contributed by atoms with Gasteiger partial charge in [0.25, 0.3) is 11.8 Å². The number of imidazole rings is 1. The van der Waals surface area contributed by atoms with Crippen molar-refractivity contribution in [3.05, 3.63) is 54.3 Å². The number of aromatic nitrogens is 3. The standard InChI is InChI=1S/C23H21F2N5O2/c1-14-27-18-8-15(2-4-20(18)32-14)16-3-5-21-26-9-19(30(21)10-16)22(31)29-11-17(12-29)28-7-6-23(24,25)13-28/h2-5,8-10,17H,6-7,11-13H2,1H3. The van der Waals surface area contributed by atoms with Crippen LogP contribution in [-0.4, -0.2) is 68.2 Å². The Morgan fingerprint density at radius 3 is 2.78 bits per heavy atom. The summed E-state index contributed by atoms with van der Waals surface area (Å²) in [6.07, 6.45) is 3.36. The number of rotatable bonds is 3. The third-order valence-corrected chi connectivity index (χ3v) is 6.42. The van der Waals surface area contributed by atoms with Crippen molar-refractivity contribution < 1.29 is 18.0 Å². The molecule has 32 heavy (non-hydrogen) atoms. The first kappa shape index (κ1) is 19.4. The Hall–Kier alpha value is -3.33. The molecule has 1 aromatic carbocycles. The van der Waals surface area contributed by atoms with Crippen molar-refractivity contribution in [1.29, 1.82) is 0 Å². The molecule has 2 aliphatic heterocycles. The molecule has 5 heterocycles. The molecule has 0 spiro atoms. The van der Waals surface area contributed by atoms with Gasteiger partial charge in [-0.15, -0.1) is 0 Å². The molecule has 0 N–H and O–H groups in total. The molecule has 2 fully saturated rings. The molecule has 0 bridgehead atoms. The van der Waals surface area contributed by atoms with Crippen molar-refractivity contribution in [3.8, 4) is 11.1 Å². The maximum Gasteiger partial charge on any atom is 0.272 e. The molecule has 0 saturated carbocycles. The van der Waals surface area contributed by atoms with E-state index in [1.807, 2.05) is 43.5 Å². The lowest BCUT2D eigenvalue weighted by molar-refractivity contribution is -0.00886. The monoisotopic (exact) mass is 437 g/mol. The highest BCUT2D eigenvalue weighted by atomic mass is 19.3. The van der Waals surface area contributed by atoms with Gasteiger partial charge in [0.1, 0.15) is 16.9 Å². The third-order valence-electron chi connectivity index (χ3n) is 6.42. The summed E-state index contributed by atoms with van der Waals surface area (Å²) in [6.45, 7) is 2.90. The number of fused-ring (bicyclic) bond motifs is 2. The topological polar surface area (TPSA) is 66.9 Å². The number of likely N-dealkylation sites (tertiary alicyclic amines) is 2. The molecule has 0 atom stereocenters. The lowest BCUT2D eigenvalue weighted by Gasteiger charge is -2.43. The second-order valence-electron chi connectivity index (χ2n) is 8.65. The third kappa shape index (κ3) is 3.15. The summed E-state index contributed by atoms with van der Waals surface area (Å²) in [5.74, 6) is -2.14. The Morgan fingerprint density at radius 2 is 2.00 bits per heavy atom. The number of nitrogens with zero attached hydrogens (tertiary/aromatic N) is 5. The van der Waals surface area contributed by atoms with Crippen molar-refractivity contribution in [2.75, 3.05) is 26.2 Å². The van der Waals surface area contributed by atoms with E-state index in [0.717, 1.165) is 22.2 Å². The van der Waals surface area contributed by atoms with Gasteiger partial charge in [0.15, 0.2) is 11.5 Å². The van der Waals surface area contributed by atoms with Gasteiger partial charge in [0, 0.05) is 45.2 Å². The van der Waals surface area contributed by atoms with E-state index in [-0.39, 0.29) is 24.9 Å². The fraction of sp³-hybridized carbons (Fsp3) is 0.348. The molecule has 3 aromatic heterocycles. The predicted octanol–water partition coefficient (Wildman–Crippen LogP) is 3.62. The van der Waals surface area contributed by atoms with Crippen LogP contribution in [0.3, 0.4) is 0 Å². The van der Waals surface area contributed by atoms with Crippen LogP contribution in [0, 0.1) is 6.92 Å². The summed E-state index contributed by atoms with van der Waals surface area (Å²) in [6, 6.07) is 9.62. The number of aryl methyl sites for hydroxylation is 1. The molecule has 9 heteroatoms. The fourth-order valence-corrected chi connectivity index (χ4v) is 4.62. The number of amides is 1. The van der Waals surface area contributed by atoms with Crippen LogP contribution in [-0.2, 0) is 0 Å². The zero-order chi connectivity index (χ0) is 22.0. The van der Waals surface area contributed by atoms with Gasteiger partial charge in [-0.1, -0.05) is 6.07 Å². The van der Waals surface area contributed by atoms with Crippen molar-refractivity contribution in [2.24, 2.45) is 0 Å². The number of carbonyl (C=O) groups is 1. The van der Waals surface area contributed by atoms with Gasteiger partial charge in [-0.25, -0.2) is 18.7 Å². The summed E-state index contributed by atoms with van der Waals surface area (Å²) in [5, 5.41) is 0. The van der Waals surface area contributed by atoms with Gasteiger partial charge in [0.05, 0.1) is 12.7 Å². The highest BCUT2D eigenvalue weighted by Crippen LogP contribution is 2.31. The van der Waals surface area contributed by atoms with Crippen molar-refractivity contribution in [1.82, 2.24) is 24.2 Å². The highest BCUT2D eigenvalue weighted by Gasteiger charge is 2.45. The first-order valence-corrected chi connectivity index (χ1v) is 10.6. The number of carbonyl (C=O) groups excluding carboxylic acids is 1. The van der Waals surface area contributed by atoms with Crippen LogP contribution < -0.4 is 0 Å². The first-order valence-electron chi connectivity index (χ1n) is 10.6. The normalized spacial score (nSPS) is 19.2. The van der Waals surface area contributed by atoms with Gasteiger partial charge in [0.2, 0.25) is 0 Å². The molecular weight excluding hydrogens is 416 g/mol. The molecule has 0 radical (unpaired) electrons. The van der Waals surface area contributed by atoms with E-state index in [2.05, 4.69) is 9.97 Å². The van der Waals surface area contributed by atoms with Crippen LogP contribution in [0.1, 0.15) is 22.8 Å². The molecule has 6 rings (SSSR count). The Balaban J connectivity index is 1.25. The molecule has 0 unspecified atom stereocenters. The van der Waals surface area contributed by atoms with Gasteiger partial charge in [-0.2, -0.15) is 0 Å². The SMILES string of the molecule is Cc1nc2cc(-c3ccc4ncc(C(=O)N5CC(N6CCC(F)(F)C6)C5)n4c3)ccc2o1. The number of alkyl halides is 2. The maximum atomic E-state index is 13.5. The molecule has 164 valence electrons.